The zero-order valence-electron chi connectivity index (χ0n) is 7.09. The molecule has 78 valence electrons. The fraction of sp³-hybridized carbons (Fsp3) is 1.00. The van der Waals surface area contributed by atoms with Crippen LogP contribution in [0.2, 0.25) is 0 Å². The maximum absolute atomic E-state index is 12.1. The van der Waals surface area contributed by atoms with E-state index in [4.69, 9.17) is 5.11 Å². The Morgan fingerprint density at radius 2 is 1.92 bits per heavy atom. The molecule has 3 atom stereocenters. The van der Waals surface area contributed by atoms with E-state index in [1.165, 1.54) is 0 Å². The van der Waals surface area contributed by atoms with Gasteiger partial charge in [-0.25, -0.2) is 0 Å². The average Bonchev–Trinajstić information content (AvgIpc) is 2.01. The van der Waals surface area contributed by atoms with E-state index in [1.807, 2.05) is 0 Å². The Kier molecular flexibility index (Phi) is 3.51. The highest BCUT2D eigenvalue weighted by Gasteiger charge is 2.44. The van der Waals surface area contributed by atoms with Crippen molar-refractivity contribution in [3.05, 3.63) is 0 Å². The first-order valence-corrected chi connectivity index (χ1v) is 4.85. The normalized spacial score (nSPS) is 33.0. The molecular formula is C8H13F3OS. The highest BCUT2D eigenvalue weighted by Crippen LogP contribution is 2.35. The highest BCUT2D eigenvalue weighted by molar-refractivity contribution is 7.80. The molecule has 13 heavy (non-hydrogen) atoms. The van der Waals surface area contributed by atoms with E-state index in [1.54, 1.807) is 0 Å². The molecule has 0 heterocycles. The van der Waals surface area contributed by atoms with Gasteiger partial charge in [0.05, 0.1) is 0 Å². The van der Waals surface area contributed by atoms with Crippen molar-refractivity contribution in [2.45, 2.75) is 43.2 Å². The molecule has 1 nitrogen and oxygen atoms in total. The first-order chi connectivity index (χ1) is 5.91. The van der Waals surface area contributed by atoms with Crippen LogP contribution < -0.4 is 0 Å². The third-order valence-electron chi connectivity index (χ3n) is 2.47. The number of hydrogen-bond donors (Lipinski definition) is 2. The van der Waals surface area contributed by atoms with Gasteiger partial charge in [0.2, 0.25) is 0 Å². The number of halogens is 3. The molecule has 0 aromatic heterocycles. The summed E-state index contributed by atoms with van der Waals surface area (Å²) < 4.78 is 36.3. The molecule has 5 heteroatoms. The molecule has 0 saturated heterocycles. The molecule has 0 aromatic rings. The molecule has 0 aliphatic heterocycles. The summed E-state index contributed by atoms with van der Waals surface area (Å²) in [6.45, 7) is 0. The van der Waals surface area contributed by atoms with Crippen molar-refractivity contribution in [2.75, 3.05) is 0 Å². The molecule has 3 unspecified atom stereocenters. The van der Waals surface area contributed by atoms with E-state index in [0.29, 0.717) is 12.8 Å². The molecule has 1 rings (SSSR count). The van der Waals surface area contributed by atoms with Crippen molar-refractivity contribution < 1.29 is 18.3 Å². The molecule has 0 bridgehead atoms. The Bertz CT molecular complexity index is 171. The van der Waals surface area contributed by atoms with Crippen molar-refractivity contribution in [1.82, 2.24) is 0 Å². The molecule has 1 aliphatic rings. The average molecular weight is 214 g/mol. The van der Waals surface area contributed by atoms with Gasteiger partial charge in [-0.3, -0.25) is 0 Å². The molecule has 1 saturated carbocycles. The summed E-state index contributed by atoms with van der Waals surface area (Å²) >= 11 is 4.13. The largest absolute Gasteiger partial charge is 0.414 e. The van der Waals surface area contributed by atoms with E-state index in [2.05, 4.69) is 12.6 Å². The van der Waals surface area contributed by atoms with Gasteiger partial charge in [0, 0.05) is 5.25 Å². The maximum atomic E-state index is 12.1. The Labute approximate surface area is 80.7 Å². The monoisotopic (exact) mass is 214 g/mol. The van der Waals surface area contributed by atoms with Crippen molar-refractivity contribution in [3.63, 3.8) is 0 Å². The molecule has 0 radical (unpaired) electrons. The summed E-state index contributed by atoms with van der Waals surface area (Å²) in [5.41, 5.74) is 0. The minimum atomic E-state index is -4.48. The van der Waals surface area contributed by atoms with Crippen LogP contribution >= 0.6 is 12.6 Å². The summed E-state index contributed by atoms with van der Waals surface area (Å²) in [6, 6.07) is 0. The first-order valence-electron chi connectivity index (χ1n) is 4.34. The third-order valence-corrected chi connectivity index (χ3v) is 2.94. The van der Waals surface area contributed by atoms with Gasteiger partial charge in [0.15, 0.2) is 6.10 Å². The molecule has 0 amide bonds. The van der Waals surface area contributed by atoms with Crippen LogP contribution in [0.4, 0.5) is 13.2 Å². The SMILES string of the molecule is OC(C1CCCC(S)C1)C(F)(F)F. The van der Waals surface area contributed by atoms with Crippen LogP contribution in [0.3, 0.4) is 0 Å². The number of aliphatic hydroxyl groups is 1. The number of aliphatic hydroxyl groups excluding tert-OH is 1. The standard InChI is InChI=1S/C8H13F3OS/c9-8(10,11)7(12)5-2-1-3-6(13)4-5/h5-7,12-13H,1-4H2. The van der Waals surface area contributed by atoms with Crippen LogP contribution in [0.15, 0.2) is 0 Å². The summed E-state index contributed by atoms with van der Waals surface area (Å²) in [6.07, 6.45) is -4.24. The minimum absolute atomic E-state index is 0.00995. The lowest BCUT2D eigenvalue weighted by Gasteiger charge is -2.30. The van der Waals surface area contributed by atoms with Crippen LogP contribution in [-0.2, 0) is 0 Å². The molecular weight excluding hydrogens is 201 g/mol. The van der Waals surface area contributed by atoms with Gasteiger partial charge in [0.1, 0.15) is 0 Å². The van der Waals surface area contributed by atoms with E-state index >= 15 is 0 Å². The smallest absolute Gasteiger partial charge is 0.383 e. The van der Waals surface area contributed by atoms with Crippen molar-refractivity contribution in [3.8, 4) is 0 Å². The Hall–Kier alpha value is 0.100. The van der Waals surface area contributed by atoms with Gasteiger partial charge in [0.25, 0.3) is 0 Å². The van der Waals surface area contributed by atoms with E-state index < -0.39 is 18.2 Å². The molecule has 0 spiro atoms. The second-order valence-corrected chi connectivity index (χ2v) is 4.30. The van der Waals surface area contributed by atoms with E-state index in [-0.39, 0.29) is 5.25 Å². The molecule has 1 aliphatic carbocycles. The zero-order valence-corrected chi connectivity index (χ0v) is 7.98. The Morgan fingerprint density at radius 3 is 2.38 bits per heavy atom. The fourth-order valence-corrected chi connectivity index (χ4v) is 2.21. The van der Waals surface area contributed by atoms with Crippen molar-refractivity contribution >= 4 is 12.6 Å². The predicted molar refractivity (Wildman–Crippen MR) is 46.8 cm³/mol. The lowest BCUT2D eigenvalue weighted by Crippen LogP contribution is -2.38. The summed E-state index contributed by atoms with van der Waals surface area (Å²) in [7, 11) is 0. The maximum Gasteiger partial charge on any atom is 0.414 e. The molecule has 0 aromatic carbocycles. The summed E-state index contributed by atoms with van der Waals surface area (Å²) in [5, 5.41) is 8.98. The van der Waals surface area contributed by atoms with Gasteiger partial charge < -0.3 is 5.11 Å². The quantitative estimate of drug-likeness (QED) is 0.642. The van der Waals surface area contributed by atoms with Gasteiger partial charge in [-0.1, -0.05) is 6.42 Å². The Balaban J connectivity index is 2.51. The van der Waals surface area contributed by atoms with Gasteiger partial charge in [-0.15, -0.1) is 0 Å². The topological polar surface area (TPSA) is 20.2 Å². The van der Waals surface area contributed by atoms with Crippen LogP contribution in [0.5, 0.6) is 0 Å². The van der Waals surface area contributed by atoms with Crippen LogP contribution in [0.25, 0.3) is 0 Å². The van der Waals surface area contributed by atoms with Crippen molar-refractivity contribution in [2.24, 2.45) is 5.92 Å². The van der Waals surface area contributed by atoms with Crippen LogP contribution in [-0.4, -0.2) is 22.6 Å². The second kappa shape index (κ2) is 4.09. The van der Waals surface area contributed by atoms with Gasteiger partial charge in [-0.05, 0) is 25.2 Å². The fourth-order valence-electron chi connectivity index (χ4n) is 1.75. The van der Waals surface area contributed by atoms with Crippen LogP contribution in [0, 0.1) is 5.92 Å². The summed E-state index contributed by atoms with van der Waals surface area (Å²) in [5.74, 6) is -0.656. The lowest BCUT2D eigenvalue weighted by atomic mass is 9.84. The second-order valence-electron chi connectivity index (χ2n) is 3.57. The minimum Gasteiger partial charge on any atom is -0.383 e. The first kappa shape index (κ1) is 11.2. The molecule has 1 N–H and O–H groups in total. The Morgan fingerprint density at radius 1 is 1.31 bits per heavy atom. The lowest BCUT2D eigenvalue weighted by molar-refractivity contribution is -0.221. The predicted octanol–water partition coefficient (Wildman–Crippen LogP) is 2.40. The third kappa shape index (κ3) is 3.06. The summed E-state index contributed by atoms with van der Waals surface area (Å²) in [4.78, 5) is 0. The number of alkyl halides is 3. The van der Waals surface area contributed by atoms with E-state index in [9.17, 15) is 13.2 Å². The molecule has 1 fully saturated rings. The number of rotatable bonds is 1. The highest BCUT2D eigenvalue weighted by atomic mass is 32.1. The van der Waals surface area contributed by atoms with Crippen LogP contribution in [0.1, 0.15) is 25.7 Å². The number of thiol groups is 1. The van der Waals surface area contributed by atoms with Gasteiger partial charge >= 0.3 is 6.18 Å². The van der Waals surface area contributed by atoms with Gasteiger partial charge in [-0.2, -0.15) is 25.8 Å². The zero-order chi connectivity index (χ0) is 10.1. The van der Waals surface area contributed by atoms with Crippen molar-refractivity contribution in [1.29, 1.82) is 0 Å². The van der Waals surface area contributed by atoms with E-state index in [0.717, 1.165) is 12.8 Å². The number of hydrogen-bond acceptors (Lipinski definition) is 2.